The smallest absolute Gasteiger partial charge is 0.279 e. The van der Waals surface area contributed by atoms with Gasteiger partial charge in [-0.3, -0.25) is 9.55 Å². The normalized spacial score (nSPS) is 17.2. The molecule has 4 rings (SSSR count). The lowest BCUT2D eigenvalue weighted by molar-refractivity contribution is 0.458. The fourth-order valence-corrected chi connectivity index (χ4v) is 5.42. The molecular weight excluding hydrogens is 402 g/mol. The Balaban J connectivity index is 1.50. The van der Waals surface area contributed by atoms with E-state index < -0.39 is 10.0 Å². The van der Waals surface area contributed by atoms with Gasteiger partial charge >= 0.3 is 5.69 Å². The second-order valence-corrected chi connectivity index (χ2v) is 9.94. The Bertz CT molecular complexity index is 1210. The molecule has 1 atom stereocenters. The molecule has 0 radical (unpaired) electrons. The molecule has 1 unspecified atom stereocenters. The first kappa shape index (κ1) is 20.7. The van der Waals surface area contributed by atoms with Crippen LogP contribution in [-0.2, 0) is 29.5 Å². The summed E-state index contributed by atoms with van der Waals surface area (Å²) >= 11 is 0. The highest BCUT2D eigenvalue weighted by Crippen LogP contribution is 2.23. The summed E-state index contributed by atoms with van der Waals surface area (Å²) in [5.74, 6) is 1.24. The van der Waals surface area contributed by atoms with Gasteiger partial charge in [-0.2, -0.15) is 5.10 Å². The Labute approximate surface area is 176 Å². The van der Waals surface area contributed by atoms with Crippen LogP contribution in [0.4, 0.5) is 0 Å². The largest absolute Gasteiger partial charge is 0.345 e. The van der Waals surface area contributed by atoms with Gasteiger partial charge in [0.05, 0.1) is 4.90 Å². The van der Waals surface area contributed by atoms with Crippen molar-refractivity contribution in [3.05, 3.63) is 53.0 Å². The van der Waals surface area contributed by atoms with Crippen LogP contribution in [0.2, 0.25) is 0 Å². The van der Waals surface area contributed by atoms with E-state index in [1.807, 2.05) is 6.07 Å². The van der Waals surface area contributed by atoms with E-state index in [-0.39, 0.29) is 16.6 Å². The Morgan fingerprint density at radius 2 is 2.07 bits per heavy atom. The van der Waals surface area contributed by atoms with Gasteiger partial charge in [0.1, 0.15) is 5.82 Å². The molecular formula is C21H27N5O3S. The Hall–Kier alpha value is -2.52. The maximum Gasteiger partial charge on any atom is 0.345 e. The number of hydrogen-bond donors (Lipinski definition) is 1. The molecule has 1 aliphatic heterocycles. The second kappa shape index (κ2) is 8.31. The molecule has 0 spiro atoms. The van der Waals surface area contributed by atoms with Crippen LogP contribution in [0.25, 0.3) is 10.8 Å². The van der Waals surface area contributed by atoms with Crippen molar-refractivity contribution in [1.29, 1.82) is 0 Å². The minimum Gasteiger partial charge on any atom is -0.279 e. The average Bonchev–Trinajstić information content (AvgIpc) is 2.88. The third-order valence-electron chi connectivity index (χ3n) is 5.59. The van der Waals surface area contributed by atoms with Crippen LogP contribution in [0, 0.1) is 5.92 Å². The van der Waals surface area contributed by atoms with Gasteiger partial charge < -0.3 is 0 Å². The molecule has 3 aromatic rings. The van der Waals surface area contributed by atoms with Crippen molar-refractivity contribution in [1.82, 2.24) is 24.1 Å². The maximum absolute atomic E-state index is 13.1. The average molecular weight is 430 g/mol. The standard InChI is InChI=1S/C21H27N5O3S/c1-15(2)9-13-26-21(27)25-12-10-17(6-7-20(25)23-26)24-30(28,29)19-5-3-4-16-14-22-11-8-18(16)19/h3-5,8,11,14-15,17,24H,6-7,9-10,12-13H2,1-2H3. The van der Waals surface area contributed by atoms with Crippen LogP contribution in [-0.4, -0.2) is 33.8 Å². The topological polar surface area (TPSA) is 98.9 Å². The fraction of sp³-hybridized carbons (Fsp3) is 0.476. The summed E-state index contributed by atoms with van der Waals surface area (Å²) in [7, 11) is -3.70. The minimum absolute atomic E-state index is 0.101. The second-order valence-electron chi connectivity index (χ2n) is 8.25. The number of fused-ring (bicyclic) bond motifs is 2. The number of hydrogen-bond acceptors (Lipinski definition) is 5. The van der Waals surface area contributed by atoms with Gasteiger partial charge in [-0.05, 0) is 37.3 Å². The minimum atomic E-state index is -3.70. The van der Waals surface area contributed by atoms with Gasteiger partial charge in [0.25, 0.3) is 0 Å². The molecule has 2 aromatic heterocycles. The Morgan fingerprint density at radius 1 is 1.23 bits per heavy atom. The van der Waals surface area contributed by atoms with Gasteiger partial charge in [-0.1, -0.05) is 26.0 Å². The highest BCUT2D eigenvalue weighted by Gasteiger charge is 2.26. The van der Waals surface area contributed by atoms with Gasteiger partial charge in [0.2, 0.25) is 10.0 Å². The molecule has 0 fully saturated rings. The third-order valence-corrected chi connectivity index (χ3v) is 7.17. The molecule has 9 heteroatoms. The molecule has 3 heterocycles. The van der Waals surface area contributed by atoms with Crippen LogP contribution in [0.5, 0.6) is 0 Å². The highest BCUT2D eigenvalue weighted by molar-refractivity contribution is 7.89. The molecule has 0 amide bonds. The summed E-state index contributed by atoms with van der Waals surface area (Å²) in [5.41, 5.74) is -0.101. The lowest BCUT2D eigenvalue weighted by atomic mass is 10.1. The first-order valence-corrected chi connectivity index (χ1v) is 11.8. The fourth-order valence-electron chi connectivity index (χ4n) is 3.88. The number of benzene rings is 1. The van der Waals surface area contributed by atoms with Crippen LogP contribution in [0.3, 0.4) is 0 Å². The zero-order valence-corrected chi connectivity index (χ0v) is 18.1. The van der Waals surface area contributed by atoms with E-state index in [2.05, 4.69) is 28.7 Å². The van der Waals surface area contributed by atoms with E-state index in [1.54, 1.807) is 39.8 Å². The van der Waals surface area contributed by atoms with Crippen LogP contribution >= 0.6 is 0 Å². The van der Waals surface area contributed by atoms with Crippen LogP contribution in [0.1, 0.15) is 38.9 Å². The molecule has 30 heavy (non-hydrogen) atoms. The number of nitrogens with zero attached hydrogens (tertiary/aromatic N) is 4. The predicted octanol–water partition coefficient (Wildman–Crippen LogP) is 2.32. The molecule has 0 saturated carbocycles. The van der Waals surface area contributed by atoms with E-state index in [9.17, 15) is 13.2 Å². The number of aromatic nitrogens is 4. The summed E-state index contributed by atoms with van der Waals surface area (Å²) in [5, 5.41) is 5.92. The van der Waals surface area contributed by atoms with Crippen molar-refractivity contribution in [2.45, 2.75) is 63.6 Å². The summed E-state index contributed by atoms with van der Waals surface area (Å²) in [6.45, 7) is 5.31. The van der Waals surface area contributed by atoms with E-state index in [0.717, 1.165) is 17.6 Å². The van der Waals surface area contributed by atoms with Crippen molar-refractivity contribution in [2.75, 3.05) is 0 Å². The van der Waals surface area contributed by atoms with Crippen LogP contribution < -0.4 is 10.4 Å². The van der Waals surface area contributed by atoms with Gasteiger partial charge in [-0.25, -0.2) is 22.6 Å². The molecule has 160 valence electrons. The van der Waals surface area contributed by atoms with E-state index in [4.69, 9.17) is 0 Å². The number of pyridine rings is 1. The van der Waals surface area contributed by atoms with Crippen molar-refractivity contribution < 1.29 is 8.42 Å². The SMILES string of the molecule is CC(C)CCn1nc2n(c1=O)CCC(NS(=O)(=O)c1cccc3cnccc13)CC2. The maximum atomic E-state index is 13.1. The lowest BCUT2D eigenvalue weighted by Crippen LogP contribution is -2.36. The van der Waals surface area contributed by atoms with Crippen molar-refractivity contribution in [3.63, 3.8) is 0 Å². The van der Waals surface area contributed by atoms with Crippen molar-refractivity contribution in [3.8, 4) is 0 Å². The first-order valence-electron chi connectivity index (χ1n) is 10.4. The monoisotopic (exact) mass is 429 g/mol. The molecule has 0 aliphatic carbocycles. The predicted molar refractivity (Wildman–Crippen MR) is 115 cm³/mol. The van der Waals surface area contributed by atoms with Gasteiger partial charge in [0, 0.05) is 48.7 Å². The van der Waals surface area contributed by atoms with Crippen LogP contribution in [0.15, 0.2) is 46.3 Å². The van der Waals surface area contributed by atoms with E-state index in [0.29, 0.717) is 43.7 Å². The lowest BCUT2D eigenvalue weighted by Gasteiger charge is -2.17. The molecule has 1 N–H and O–H groups in total. The molecule has 0 bridgehead atoms. The zero-order valence-electron chi connectivity index (χ0n) is 17.3. The number of rotatable bonds is 6. The molecule has 0 saturated heterocycles. The third kappa shape index (κ3) is 4.17. The Morgan fingerprint density at radius 3 is 2.87 bits per heavy atom. The highest BCUT2D eigenvalue weighted by atomic mass is 32.2. The quantitative estimate of drug-likeness (QED) is 0.648. The molecule has 8 nitrogen and oxygen atoms in total. The van der Waals surface area contributed by atoms with Gasteiger partial charge in [0.15, 0.2) is 0 Å². The van der Waals surface area contributed by atoms with Crippen molar-refractivity contribution in [2.24, 2.45) is 5.92 Å². The Kier molecular flexibility index (Phi) is 5.75. The first-order chi connectivity index (χ1) is 14.3. The van der Waals surface area contributed by atoms with Crippen molar-refractivity contribution >= 4 is 20.8 Å². The summed E-state index contributed by atoms with van der Waals surface area (Å²) in [6.07, 6.45) is 5.87. The molecule has 1 aliphatic rings. The molecule has 1 aromatic carbocycles. The van der Waals surface area contributed by atoms with E-state index in [1.165, 1.54) is 0 Å². The summed E-state index contributed by atoms with van der Waals surface area (Å²) in [4.78, 5) is 17.0. The van der Waals surface area contributed by atoms with E-state index >= 15 is 0 Å². The summed E-state index contributed by atoms with van der Waals surface area (Å²) in [6, 6.07) is 6.64. The summed E-state index contributed by atoms with van der Waals surface area (Å²) < 4.78 is 32.3. The number of sulfonamides is 1. The van der Waals surface area contributed by atoms with Gasteiger partial charge in [-0.15, -0.1) is 0 Å². The number of aryl methyl sites for hydroxylation is 2. The number of nitrogens with one attached hydrogen (secondary N) is 1. The zero-order chi connectivity index (χ0) is 21.3.